The molecule has 0 saturated carbocycles. The van der Waals surface area contributed by atoms with Crippen molar-refractivity contribution < 1.29 is 24.0 Å². The molecule has 3 aromatic rings. The van der Waals surface area contributed by atoms with Crippen LogP contribution in [0.4, 0.5) is 5.82 Å². The fourth-order valence-corrected chi connectivity index (χ4v) is 4.27. The van der Waals surface area contributed by atoms with Crippen molar-refractivity contribution in [1.29, 1.82) is 0 Å². The number of fused-ring (bicyclic) bond motifs is 2. The number of quaternary nitrogens is 1. The van der Waals surface area contributed by atoms with Gasteiger partial charge in [0, 0.05) is 17.2 Å². The number of nitrogens with two attached hydrogens (primary N) is 1. The van der Waals surface area contributed by atoms with Crippen LogP contribution in [0.2, 0.25) is 0 Å². The molecular formula is C24H30N4O3+2. The highest BCUT2D eigenvalue weighted by Gasteiger charge is 2.37. The minimum Gasteiger partial charge on any atom is -0.508 e. The van der Waals surface area contributed by atoms with E-state index in [2.05, 4.69) is 18.8 Å². The number of nitrogens with zero attached hydrogens (tertiary/aromatic N) is 2. The lowest BCUT2D eigenvalue weighted by Crippen LogP contribution is -3.12. The predicted molar refractivity (Wildman–Crippen MR) is 118 cm³/mol. The first-order valence-corrected chi connectivity index (χ1v) is 10.7. The summed E-state index contributed by atoms with van der Waals surface area (Å²) in [4.78, 5) is 6.10. The second-order valence-electron chi connectivity index (χ2n) is 7.75. The van der Waals surface area contributed by atoms with E-state index >= 15 is 0 Å². The van der Waals surface area contributed by atoms with E-state index in [-0.39, 0.29) is 11.7 Å². The molecule has 0 saturated heterocycles. The Morgan fingerprint density at radius 2 is 1.94 bits per heavy atom. The molecule has 162 valence electrons. The average Bonchev–Trinajstić information content (AvgIpc) is 2.79. The Hall–Kier alpha value is -3.32. The van der Waals surface area contributed by atoms with Gasteiger partial charge in [0.2, 0.25) is 12.1 Å². The second kappa shape index (κ2) is 8.81. The maximum absolute atomic E-state index is 10.0. The number of phenols is 1. The van der Waals surface area contributed by atoms with Crippen molar-refractivity contribution in [1.82, 2.24) is 4.98 Å². The maximum Gasteiger partial charge on any atom is 0.306 e. The van der Waals surface area contributed by atoms with Gasteiger partial charge in [0.15, 0.2) is 0 Å². The lowest BCUT2D eigenvalue weighted by atomic mass is 9.83. The molecule has 7 heteroatoms. The summed E-state index contributed by atoms with van der Waals surface area (Å²) in [5.74, 6) is 2.34. The highest BCUT2D eigenvalue weighted by atomic mass is 16.5. The van der Waals surface area contributed by atoms with E-state index in [1.165, 1.54) is 4.90 Å². The van der Waals surface area contributed by atoms with Gasteiger partial charge in [-0.25, -0.2) is 4.57 Å². The first kappa shape index (κ1) is 20.9. The van der Waals surface area contributed by atoms with Crippen LogP contribution < -0.4 is 24.7 Å². The molecule has 0 radical (unpaired) electrons. The lowest BCUT2D eigenvalue weighted by molar-refractivity contribution is -0.915. The van der Waals surface area contributed by atoms with E-state index in [0.717, 1.165) is 48.6 Å². The Labute approximate surface area is 182 Å². The summed E-state index contributed by atoms with van der Waals surface area (Å²) in [6, 6.07) is 13.1. The van der Waals surface area contributed by atoms with Gasteiger partial charge in [-0.3, -0.25) is 0 Å². The van der Waals surface area contributed by atoms with Crippen LogP contribution in [0.5, 0.6) is 23.1 Å². The van der Waals surface area contributed by atoms with Crippen LogP contribution in [-0.4, -0.2) is 36.8 Å². The van der Waals surface area contributed by atoms with Crippen LogP contribution in [0.25, 0.3) is 0 Å². The van der Waals surface area contributed by atoms with E-state index in [1.807, 2.05) is 34.9 Å². The number of rotatable bonds is 7. The molecule has 1 aliphatic rings. The molecule has 0 bridgehead atoms. The molecule has 0 fully saturated rings. The number of aromatic hydroxyl groups is 1. The van der Waals surface area contributed by atoms with E-state index in [1.54, 1.807) is 25.6 Å². The molecule has 2 heterocycles. The molecule has 0 spiro atoms. The number of hydrogen-bond acceptors (Lipinski definition) is 5. The van der Waals surface area contributed by atoms with E-state index < -0.39 is 0 Å². The first-order chi connectivity index (χ1) is 15.1. The molecule has 1 atom stereocenters. The van der Waals surface area contributed by atoms with Crippen LogP contribution in [0.15, 0.2) is 48.8 Å². The number of ether oxygens (including phenoxy) is 2. The van der Waals surface area contributed by atoms with Crippen LogP contribution in [0.3, 0.4) is 0 Å². The van der Waals surface area contributed by atoms with Gasteiger partial charge in [-0.05, 0) is 26.0 Å². The van der Waals surface area contributed by atoms with Gasteiger partial charge in [0.25, 0.3) is 0 Å². The zero-order valence-corrected chi connectivity index (χ0v) is 18.3. The molecule has 7 nitrogen and oxygen atoms in total. The Balaban J connectivity index is 1.86. The van der Waals surface area contributed by atoms with E-state index in [4.69, 9.17) is 15.2 Å². The molecule has 1 aliphatic heterocycles. The van der Waals surface area contributed by atoms with Crippen LogP contribution in [0, 0.1) is 0 Å². The van der Waals surface area contributed by atoms with Gasteiger partial charge in [0.1, 0.15) is 35.9 Å². The van der Waals surface area contributed by atoms with Crippen molar-refractivity contribution in [2.75, 3.05) is 32.5 Å². The Kier molecular flexibility index (Phi) is 5.95. The Bertz CT molecular complexity index is 1080. The largest absolute Gasteiger partial charge is 0.508 e. The molecule has 31 heavy (non-hydrogen) atoms. The lowest BCUT2D eigenvalue weighted by Gasteiger charge is -2.28. The highest BCUT2D eigenvalue weighted by Crippen LogP contribution is 2.50. The third-order valence-electron chi connectivity index (χ3n) is 6.09. The van der Waals surface area contributed by atoms with Gasteiger partial charge in [-0.15, -0.1) is 0 Å². The normalized spacial score (nSPS) is 14.6. The molecule has 2 aromatic carbocycles. The Morgan fingerprint density at radius 3 is 2.68 bits per heavy atom. The van der Waals surface area contributed by atoms with Gasteiger partial charge in [0.05, 0.1) is 26.1 Å². The van der Waals surface area contributed by atoms with Gasteiger partial charge >= 0.3 is 5.88 Å². The zero-order valence-electron chi connectivity index (χ0n) is 18.3. The minimum atomic E-state index is -0.226. The van der Waals surface area contributed by atoms with Crippen molar-refractivity contribution in [2.24, 2.45) is 0 Å². The van der Waals surface area contributed by atoms with Crippen molar-refractivity contribution >= 4 is 5.82 Å². The SMILES string of the molecule is CC[NH+](CC)CC[n+]1cnc2c(c1N)[C@@H](c1ccccc1OC)c1ccc(O)cc1O2. The number of aromatic nitrogens is 2. The summed E-state index contributed by atoms with van der Waals surface area (Å²) in [5.41, 5.74) is 9.43. The smallest absolute Gasteiger partial charge is 0.306 e. The molecular weight excluding hydrogens is 392 g/mol. The van der Waals surface area contributed by atoms with Gasteiger partial charge < -0.3 is 25.2 Å². The summed E-state index contributed by atoms with van der Waals surface area (Å²) < 4.78 is 13.7. The molecule has 0 aliphatic carbocycles. The molecule has 0 unspecified atom stereocenters. The van der Waals surface area contributed by atoms with Crippen molar-refractivity contribution in [2.45, 2.75) is 26.3 Å². The quantitative estimate of drug-likeness (QED) is 0.396. The minimum absolute atomic E-state index is 0.141. The number of phenolic OH excluding ortho intramolecular Hbond substituents is 1. The van der Waals surface area contributed by atoms with Crippen molar-refractivity contribution in [3.63, 3.8) is 0 Å². The van der Waals surface area contributed by atoms with E-state index in [9.17, 15) is 5.11 Å². The number of anilines is 1. The number of nitrogens with one attached hydrogen (secondary N) is 1. The van der Waals surface area contributed by atoms with Crippen molar-refractivity contribution in [3.05, 3.63) is 65.5 Å². The maximum atomic E-state index is 10.0. The number of likely N-dealkylation sites (N-methyl/N-ethyl adjacent to an activating group) is 1. The fraction of sp³-hybridized carbons (Fsp3) is 0.333. The highest BCUT2D eigenvalue weighted by molar-refractivity contribution is 5.63. The number of benzene rings is 2. The molecule has 0 amide bonds. The van der Waals surface area contributed by atoms with Gasteiger partial charge in [-0.2, -0.15) is 0 Å². The Morgan fingerprint density at radius 1 is 1.16 bits per heavy atom. The zero-order chi connectivity index (χ0) is 22.0. The summed E-state index contributed by atoms with van der Waals surface area (Å²) in [6.45, 7) is 8.25. The van der Waals surface area contributed by atoms with Gasteiger partial charge in [-0.1, -0.05) is 29.2 Å². The monoisotopic (exact) mass is 422 g/mol. The fourth-order valence-electron chi connectivity index (χ4n) is 4.27. The summed E-state index contributed by atoms with van der Waals surface area (Å²) in [6.07, 6.45) is 1.74. The van der Waals surface area contributed by atoms with E-state index in [0.29, 0.717) is 17.4 Å². The van der Waals surface area contributed by atoms with Crippen molar-refractivity contribution in [3.8, 4) is 23.1 Å². The first-order valence-electron chi connectivity index (χ1n) is 10.7. The average molecular weight is 423 g/mol. The molecule has 1 aromatic heterocycles. The number of methoxy groups -OCH3 is 1. The summed E-state index contributed by atoms with van der Waals surface area (Å²) >= 11 is 0. The number of hydrogen-bond donors (Lipinski definition) is 3. The van der Waals surface area contributed by atoms with Crippen LogP contribution in [0.1, 0.15) is 36.5 Å². The number of nitrogen functional groups attached to an aromatic ring is 1. The van der Waals surface area contributed by atoms with Crippen LogP contribution in [-0.2, 0) is 6.54 Å². The topological polar surface area (TPSA) is 85.9 Å². The molecule has 4 N–H and O–H groups in total. The number of para-hydroxylation sites is 1. The van der Waals surface area contributed by atoms with Crippen LogP contribution >= 0.6 is 0 Å². The molecule has 4 rings (SSSR count). The second-order valence-corrected chi connectivity index (χ2v) is 7.75. The predicted octanol–water partition coefficient (Wildman–Crippen LogP) is 1.88. The third-order valence-corrected chi connectivity index (χ3v) is 6.09. The third kappa shape index (κ3) is 3.88. The standard InChI is InChI=1S/C24H28N4O3/c1-4-27(5-2)12-13-28-15-26-24-22(23(28)25)21(17-8-6-7-9-19(17)30-3)18-11-10-16(29)14-20(18)31-24/h6-11,14-15,21,25,29H,4-5,12-13H2,1-3H3/p+2/t21-/m0/s1. The summed E-state index contributed by atoms with van der Waals surface area (Å²) in [5, 5.41) is 10.0. The summed E-state index contributed by atoms with van der Waals surface area (Å²) in [7, 11) is 1.66.